The number of carboxylic acid groups (broad SMARTS) is 1. The molecule has 2 fully saturated rings. The Kier molecular flexibility index (Phi) is 7.62. The van der Waals surface area contributed by atoms with Gasteiger partial charge in [0.1, 0.15) is 12.7 Å². The summed E-state index contributed by atoms with van der Waals surface area (Å²) in [6.07, 6.45) is 0.855. The van der Waals surface area contributed by atoms with Crippen LogP contribution in [0.15, 0.2) is 12.7 Å². The molecule has 0 radical (unpaired) electrons. The lowest BCUT2D eigenvalue weighted by molar-refractivity contribution is -0.192. The van der Waals surface area contributed by atoms with Gasteiger partial charge in [-0.25, -0.2) is 22.5 Å². The lowest BCUT2D eigenvalue weighted by Gasteiger charge is -2.36. The van der Waals surface area contributed by atoms with Crippen LogP contribution in [0.25, 0.3) is 0 Å². The highest BCUT2D eigenvalue weighted by molar-refractivity contribution is 7.89. The largest absolute Gasteiger partial charge is 0.490 e. The van der Waals surface area contributed by atoms with Crippen LogP contribution in [0.1, 0.15) is 26.2 Å². The van der Waals surface area contributed by atoms with Gasteiger partial charge in [0.15, 0.2) is 0 Å². The third-order valence-electron chi connectivity index (χ3n) is 5.29. The van der Waals surface area contributed by atoms with E-state index in [-0.39, 0.29) is 5.75 Å². The van der Waals surface area contributed by atoms with Crippen molar-refractivity contribution in [1.29, 1.82) is 0 Å². The number of piperidine rings is 1. The highest BCUT2D eigenvalue weighted by Crippen LogP contribution is 2.35. The maximum absolute atomic E-state index is 12.3. The number of likely N-dealkylation sites (tertiary alicyclic amines) is 1. The van der Waals surface area contributed by atoms with Crippen LogP contribution in [0.5, 0.6) is 0 Å². The molecule has 1 aromatic rings. The Morgan fingerprint density at radius 3 is 2.52 bits per heavy atom. The number of likely N-dealkylation sites (N-methyl/N-ethyl adjacent to an activating group) is 1. The summed E-state index contributed by atoms with van der Waals surface area (Å²) < 4.78 is 59.9. The van der Waals surface area contributed by atoms with Crippen LogP contribution < -0.4 is 0 Å². The van der Waals surface area contributed by atoms with Gasteiger partial charge in [0, 0.05) is 25.2 Å². The Morgan fingerprint density at radius 1 is 1.34 bits per heavy atom. The van der Waals surface area contributed by atoms with Crippen molar-refractivity contribution in [3.05, 3.63) is 12.7 Å². The smallest absolute Gasteiger partial charge is 0.475 e. The molecule has 3 atom stereocenters. The predicted molar refractivity (Wildman–Crippen MR) is 97.4 cm³/mol. The van der Waals surface area contributed by atoms with Gasteiger partial charge in [-0.1, -0.05) is 6.92 Å². The normalized spacial score (nSPS) is 25.9. The third-order valence-corrected chi connectivity index (χ3v) is 7.34. The average molecular weight is 441 g/mol. The number of halogens is 3. The second-order valence-electron chi connectivity index (χ2n) is 7.27. The van der Waals surface area contributed by atoms with Crippen molar-refractivity contribution < 1.29 is 31.5 Å². The molecule has 3 rings (SSSR count). The Bertz CT molecular complexity index is 772. The quantitative estimate of drug-likeness (QED) is 0.727. The molecule has 9 nitrogen and oxygen atoms in total. The van der Waals surface area contributed by atoms with Crippen molar-refractivity contribution in [1.82, 2.24) is 24.0 Å². The lowest BCUT2D eigenvalue weighted by atomic mass is 9.93. The van der Waals surface area contributed by atoms with Gasteiger partial charge in [-0.05, 0) is 32.2 Å². The van der Waals surface area contributed by atoms with E-state index in [2.05, 4.69) is 22.0 Å². The summed E-state index contributed by atoms with van der Waals surface area (Å²) in [5.74, 6) is -2.06. The number of alkyl halides is 3. The van der Waals surface area contributed by atoms with Crippen molar-refractivity contribution in [3.8, 4) is 0 Å². The first-order chi connectivity index (χ1) is 13.5. The van der Waals surface area contributed by atoms with Gasteiger partial charge in [0.25, 0.3) is 0 Å². The van der Waals surface area contributed by atoms with Crippen LogP contribution in [0.2, 0.25) is 0 Å². The second kappa shape index (κ2) is 9.39. The average Bonchev–Trinajstić information content (AvgIpc) is 3.23. The molecule has 1 N–H and O–H groups in total. The number of hydrogen-bond donors (Lipinski definition) is 1. The molecule has 29 heavy (non-hydrogen) atoms. The van der Waals surface area contributed by atoms with Gasteiger partial charge in [-0.2, -0.15) is 18.3 Å². The topological polar surface area (TPSA) is 109 Å². The minimum atomic E-state index is -5.08. The predicted octanol–water partition coefficient (Wildman–Crippen LogP) is 1.05. The van der Waals surface area contributed by atoms with Crippen LogP contribution in [0.3, 0.4) is 0 Å². The summed E-state index contributed by atoms with van der Waals surface area (Å²) in [5.41, 5.74) is 0. The molecule has 2 saturated heterocycles. The maximum atomic E-state index is 12.3. The van der Waals surface area contributed by atoms with E-state index >= 15 is 0 Å². The number of hydrogen-bond acceptors (Lipinski definition) is 6. The molecule has 0 saturated carbocycles. The summed E-state index contributed by atoms with van der Waals surface area (Å²) >= 11 is 0. The molecule has 0 aliphatic carbocycles. The van der Waals surface area contributed by atoms with E-state index < -0.39 is 22.2 Å². The fourth-order valence-electron chi connectivity index (χ4n) is 3.93. The Labute approximate surface area is 167 Å². The molecule has 0 unspecified atom stereocenters. The van der Waals surface area contributed by atoms with Crippen LogP contribution in [-0.2, 0) is 21.4 Å². The summed E-state index contributed by atoms with van der Waals surface area (Å²) in [6.45, 7) is 4.07. The molecule has 0 aromatic carbocycles. The molecule has 166 valence electrons. The van der Waals surface area contributed by atoms with Crippen molar-refractivity contribution in [2.45, 2.75) is 51.0 Å². The van der Waals surface area contributed by atoms with Crippen LogP contribution in [0, 0.1) is 5.92 Å². The molecular formula is C16H26F3N5O4S. The molecule has 1 aromatic heterocycles. The van der Waals surface area contributed by atoms with E-state index in [0.29, 0.717) is 37.5 Å². The van der Waals surface area contributed by atoms with Gasteiger partial charge < -0.3 is 5.11 Å². The number of aliphatic carboxylic acids is 1. The zero-order valence-corrected chi connectivity index (χ0v) is 17.1. The lowest BCUT2D eigenvalue weighted by Crippen LogP contribution is -2.48. The maximum Gasteiger partial charge on any atom is 0.490 e. The Morgan fingerprint density at radius 2 is 2.00 bits per heavy atom. The molecule has 2 aliphatic heterocycles. The Hall–Kier alpha value is -1.73. The van der Waals surface area contributed by atoms with Gasteiger partial charge >= 0.3 is 12.1 Å². The molecule has 0 bridgehead atoms. The minimum Gasteiger partial charge on any atom is -0.475 e. The number of sulfonamides is 1. The summed E-state index contributed by atoms with van der Waals surface area (Å²) in [4.78, 5) is 15.3. The van der Waals surface area contributed by atoms with Gasteiger partial charge in [0.2, 0.25) is 10.0 Å². The zero-order valence-electron chi connectivity index (χ0n) is 16.3. The monoisotopic (exact) mass is 441 g/mol. The highest BCUT2D eigenvalue weighted by atomic mass is 32.2. The van der Waals surface area contributed by atoms with E-state index in [1.54, 1.807) is 17.0 Å². The van der Waals surface area contributed by atoms with E-state index in [9.17, 15) is 21.6 Å². The zero-order chi connectivity index (χ0) is 21.8. The first kappa shape index (κ1) is 23.5. The number of rotatable bonds is 5. The number of carboxylic acids is 1. The van der Waals surface area contributed by atoms with Crippen LogP contribution >= 0.6 is 0 Å². The fourth-order valence-corrected chi connectivity index (χ4v) is 5.50. The second-order valence-corrected chi connectivity index (χ2v) is 9.35. The van der Waals surface area contributed by atoms with Crippen molar-refractivity contribution >= 4 is 16.0 Å². The highest BCUT2D eigenvalue weighted by Gasteiger charge is 2.44. The van der Waals surface area contributed by atoms with Crippen molar-refractivity contribution in [3.63, 3.8) is 0 Å². The fraction of sp³-hybridized carbons (Fsp3) is 0.812. The number of fused-ring (bicyclic) bond motifs is 1. The molecule has 13 heteroatoms. The van der Waals surface area contributed by atoms with E-state index in [0.717, 1.165) is 19.4 Å². The molecule has 0 spiro atoms. The minimum absolute atomic E-state index is 0.266. The van der Waals surface area contributed by atoms with Crippen LogP contribution in [0.4, 0.5) is 13.2 Å². The first-order valence-electron chi connectivity index (χ1n) is 9.28. The third kappa shape index (κ3) is 6.12. The van der Waals surface area contributed by atoms with Gasteiger partial charge in [0.05, 0.1) is 12.3 Å². The van der Waals surface area contributed by atoms with Crippen molar-refractivity contribution in [2.75, 3.05) is 25.9 Å². The molecule has 0 amide bonds. The summed E-state index contributed by atoms with van der Waals surface area (Å²) in [5, 5.41) is 11.3. The summed E-state index contributed by atoms with van der Waals surface area (Å²) in [6, 6.07) is 0.895. The number of aromatic nitrogens is 3. The SMILES string of the molecule is CCCS(=O)(=O)N1CC[C@H]2[C@H](C[C@@H](Cn3cncn3)N2C)C1.O=C(O)C(F)(F)F. The van der Waals surface area contributed by atoms with Gasteiger partial charge in [-0.3, -0.25) is 9.58 Å². The first-order valence-corrected chi connectivity index (χ1v) is 10.9. The number of nitrogens with zero attached hydrogens (tertiary/aromatic N) is 5. The van der Waals surface area contributed by atoms with Crippen LogP contribution in [-0.4, -0.2) is 87.6 Å². The standard InChI is InChI=1S/C14H25N5O2S.C2HF3O2/c1-3-6-22(20,21)19-5-4-14-12(8-19)7-13(17(14)2)9-18-11-15-10-16-18;3-2(4,5)1(6)7/h10-14H,3-9H2,1-2H3;(H,6,7)/t12-,13+,14+;/m1./s1. The molecular weight excluding hydrogens is 415 g/mol. The summed E-state index contributed by atoms with van der Waals surface area (Å²) in [7, 11) is -0.914. The van der Waals surface area contributed by atoms with E-state index in [1.807, 2.05) is 11.6 Å². The van der Waals surface area contributed by atoms with E-state index in [4.69, 9.17) is 9.90 Å². The Balaban J connectivity index is 0.000000370. The van der Waals surface area contributed by atoms with E-state index in [1.165, 1.54) is 0 Å². The molecule has 3 heterocycles. The van der Waals surface area contributed by atoms with Gasteiger partial charge in [-0.15, -0.1) is 0 Å². The molecule has 2 aliphatic rings. The number of carbonyl (C=O) groups is 1. The van der Waals surface area contributed by atoms with Crippen molar-refractivity contribution in [2.24, 2.45) is 5.92 Å².